The highest BCUT2D eigenvalue weighted by atomic mass is 31.2. The normalized spacial score (nSPS) is 13.6. The molecular weight excluding hydrogens is 437 g/mol. The quantitative estimate of drug-likeness (QED) is 0.326. The van der Waals surface area contributed by atoms with Crippen LogP contribution in [-0.4, -0.2) is 52.9 Å². The average molecular weight is 461 g/mol. The lowest BCUT2D eigenvalue weighted by Gasteiger charge is -2.29. The van der Waals surface area contributed by atoms with E-state index < -0.39 is 25.1 Å². The van der Waals surface area contributed by atoms with E-state index in [1.54, 1.807) is 45.0 Å². The van der Waals surface area contributed by atoms with Gasteiger partial charge in [0.2, 0.25) is 0 Å². The number of nitriles is 1. The van der Waals surface area contributed by atoms with Crippen LogP contribution < -0.4 is 4.74 Å². The summed E-state index contributed by atoms with van der Waals surface area (Å²) in [7, 11) is -2.51. The zero-order chi connectivity index (χ0) is 23.3. The van der Waals surface area contributed by atoms with Gasteiger partial charge < -0.3 is 18.5 Å². The molecule has 0 radical (unpaired) electrons. The van der Waals surface area contributed by atoms with Gasteiger partial charge in [0, 0.05) is 10.9 Å². The van der Waals surface area contributed by atoms with Crippen LogP contribution >= 0.6 is 7.60 Å². The number of aromatic nitrogens is 4. The van der Waals surface area contributed by atoms with E-state index >= 15 is 0 Å². The monoisotopic (exact) mass is 461 g/mol. The van der Waals surface area contributed by atoms with Crippen LogP contribution in [0.25, 0.3) is 16.6 Å². The number of hydrogen-bond donors (Lipinski definition) is 0. The SMILES string of the molecule is CCOC(=O)C(C#N)C(c1cc2cc(OC)ccc2n2nnnc12)P(=O)(OCC)OCC. The van der Waals surface area contributed by atoms with Gasteiger partial charge >= 0.3 is 13.6 Å². The molecule has 2 unspecified atom stereocenters. The van der Waals surface area contributed by atoms with E-state index in [9.17, 15) is 14.6 Å². The van der Waals surface area contributed by atoms with E-state index in [0.717, 1.165) is 0 Å². The van der Waals surface area contributed by atoms with Crippen molar-refractivity contribution in [2.24, 2.45) is 5.92 Å². The van der Waals surface area contributed by atoms with Crippen LogP contribution in [0.15, 0.2) is 24.3 Å². The molecule has 0 aliphatic carbocycles. The lowest BCUT2D eigenvalue weighted by atomic mass is 9.99. The summed E-state index contributed by atoms with van der Waals surface area (Å²) >= 11 is 0. The highest BCUT2D eigenvalue weighted by molar-refractivity contribution is 7.54. The van der Waals surface area contributed by atoms with E-state index in [1.165, 1.54) is 11.6 Å². The Kier molecular flexibility index (Phi) is 7.40. The van der Waals surface area contributed by atoms with Gasteiger partial charge in [-0.2, -0.15) is 9.78 Å². The molecule has 0 saturated heterocycles. The predicted octanol–water partition coefficient (Wildman–Crippen LogP) is 3.30. The molecule has 3 rings (SSSR count). The molecule has 0 amide bonds. The number of carbonyl (C=O) groups is 1. The lowest BCUT2D eigenvalue weighted by Crippen LogP contribution is -2.25. The first-order chi connectivity index (χ1) is 15.4. The molecule has 0 aliphatic rings. The summed E-state index contributed by atoms with van der Waals surface area (Å²) in [6.07, 6.45) is 0. The highest BCUT2D eigenvalue weighted by Gasteiger charge is 2.48. The number of methoxy groups -OCH3 is 1. The largest absolute Gasteiger partial charge is 0.497 e. The zero-order valence-corrected chi connectivity index (χ0v) is 19.1. The van der Waals surface area contributed by atoms with Crippen molar-refractivity contribution < 1.29 is 27.9 Å². The Morgan fingerprint density at radius 2 is 1.91 bits per heavy atom. The number of rotatable bonds is 10. The van der Waals surface area contributed by atoms with E-state index in [0.29, 0.717) is 16.7 Å². The Morgan fingerprint density at radius 1 is 1.19 bits per heavy atom. The van der Waals surface area contributed by atoms with Crippen molar-refractivity contribution >= 4 is 30.1 Å². The fourth-order valence-electron chi connectivity index (χ4n) is 3.52. The first kappa shape index (κ1) is 23.6. The average Bonchev–Trinajstić information content (AvgIpc) is 3.27. The van der Waals surface area contributed by atoms with Gasteiger partial charge in [-0.15, -0.1) is 5.10 Å². The summed E-state index contributed by atoms with van der Waals surface area (Å²) in [5, 5.41) is 22.4. The Balaban J connectivity index is 2.36. The van der Waals surface area contributed by atoms with Crippen molar-refractivity contribution in [3.8, 4) is 11.8 Å². The summed E-state index contributed by atoms with van der Waals surface area (Å²) in [6.45, 7) is 5.04. The van der Waals surface area contributed by atoms with E-state index in [4.69, 9.17) is 18.5 Å². The fraction of sp³-hybridized carbons (Fsp3) is 0.450. The van der Waals surface area contributed by atoms with Crippen molar-refractivity contribution in [1.29, 1.82) is 5.26 Å². The summed E-state index contributed by atoms with van der Waals surface area (Å²) in [5.74, 6) is -1.74. The molecule has 11 nitrogen and oxygen atoms in total. The van der Waals surface area contributed by atoms with Gasteiger partial charge in [0.15, 0.2) is 11.6 Å². The van der Waals surface area contributed by atoms with Gasteiger partial charge in [-0.3, -0.25) is 9.36 Å². The summed E-state index contributed by atoms with van der Waals surface area (Å²) in [6, 6.07) is 8.86. The summed E-state index contributed by atoms with van der Waals surface area (Å²) in [5.41, 5.74) is -0.186. The van der Waals surface area contributed by atoms with Gasteiger partial charge in [0.25, 0.3) is 0 Å². The molecule has 32 heavy (non-hydrogen) atoms. The topological polar surface area (TPSA) is 138 Å². The van der Waals surface area contributed by atoms with Crippen molar-refractivity contribution in [3.63, 3.8) is 0 Å². The molecule has 2 heterocycles. The van der Waals surface area contributed by atoms with Crippen LogP contribution in [0.2, 0.25) is 0 Å². The molecule has 170 valence electrons. The van der Waals surface area contributed by atoms with Crippen molar-refractivity contribution in [3.05, 3.63) is 29.8 Å². The second kappa shape index (κ2) is 10.0. The molecule has 0 fully saturated rings. The van der Waals surface area contributed by atoms with E-state index in [-0.39, 0.29) is 31.0 Å². The molecule has 0 spiro atoms. The first-order valence-electron chi connectivity index (χ1n) is 10.1. The van der Waals surface area contributed by atoms with Gasteiger partial charge in [-0.05, 0) is 55.5 Å². The summed E-state index contributed by atoms with van der Waals surface area (Å²) in [4.78, 5) is 12.7. The number of tetrazole rings is 1. The number of pyridine rings is 1. The van der Waals surface area contributed by atoms with Crippen LogP contribution in [0.4, 0.5) is 0 Å². The first-order valence-corrected chi connectivity index (χ1v) is 11.7. The molecule has 1 aromatic carbocycles. The van der Waals surface area contributed by atoms with Crippen molar-refractivity contribution in [2.75, 3.05) is 26.9 Å². The van der Waals surface area contributed by atoms with Crippen LogP contribution in [0.5, 0.6) is 5.75 Å². The maximum atomic E-state index is 13.9. The van der Waals surface area contributed by atoms with Crippen molar-refractivity contribution in [1.82, 2.24) is 20.0 Å². The van der Waals surface area contributed by atoms with Gasteiger partial charge in [-0.1, -0.05) is 0 Å². The second-order valence-electron chi connectivity index (χ2n) is 6.62. The van der Waals surface area contributed by atoms with Gasteiger partial charge in [0.1, 0.15) is 11.4 Å². The predicted molar refractivity (Wildman–Crippen MR) is 114 cm³/mol. The maximum Gasteiger partial charge on any atom is 0.340 e. The molecule has 0 N–H and O–H groups in total. The minimum Gasteiger partial charge on any atom is -0.497 e. The van der Waals surface area contributed by atoms with Gasteiger partial charge in [-0.25, -0.2) is 0 Å². The molecule has 0 aliphatic heterocycles. The number of esters is 1. The van der Waals surface area contributed by atoms with Crippen LogP contribution in [-0.2, 0) is 23.1 Å². The minimum absolute atomic E-state index is 0.0391. The van der Waals surface area contributed by atoms with Crippen LogP contribution in [0.1, 0.15) is 32.0 Å². The molecule has 2 aromatic heterocycles. The molecule has 0 bridgehead atoms. The number of ether oxygens (including phenoxy) is 2. The second-order valence-corrected chi connectivity index (χ2v) is 8.77. The molecule has 3 aromatic rings. The third-order valence-corrected chi connectivity index (χ3v) is 7.27. The van der Waals surface area contributed by atoms with Crippen LogP contribution in [0.3, 0.4) is 0 Å². The Hall–Kier alpha value is -3.06. The fourth-order valence-corrected chi connectivity index (χ4v) is 5.72. The maximum absolute atomic E-state index is 13.9. The third-order valence-electron chi connectivity index (χ3n) is 4.77. The number of carbonyl (C=O) groups excluding carboxylic acids is 1. The number of fused-ring (bicyclic) bond motifs is 3. The Labute approximate surface area is 184 Å². The smallest absolute Gasteiger partial charge is 0.340 e. The van der Waals surface area contributed by atoms with Crippen molar-refractivity contribution in [2.45, 2.75) is 26.4 Å². The molecule has 12 heteroatoms. The molecule has 2 atom stereocenters. The zero-order valence-electron chi connectivity index (χ0n) is 18.2. The van der Waals surface area contributed by atoms with E-state index in [1.807, 2.05) is 6.07 Å². The Bertz CT molecular complexity index is 1200. The van der Waals surface area contributed by atoms with Gasteiger partial charge in [0.05, 0.1) is 38.5 Å². The summed E-state index contributed by atoms with van der Waals surface area (Å²) < 4.78 is 36.9. The number of benzene rings is 1. The number of hydrogen-bond acceptors (Lipinski definition) is 10. The standard InChI is InChI=1S/C20H24N5O6P/c1-5-29-20(26)16(12-21)18(32(27,30-6-2)31-7-3)15-11-13-10-14(28-4)8-9-17(13)25-19(15)22-23-24-25/h8-11,16,18H,5-7H2,1-4H3. The Morgan fingerprint density at radius 3 is 2.50 bits per heavy atom. The minimum atomic E-state index is -4.04. The number of nitrogens with zero attached hydrogens (tertiary/aromatic N) is 5. The lowest BCUT2D eigenvalue weighted by molar-refractivity contribution is -0.146. The highest BCUT2D eigenvalue weighted by Crippen LogP contribution is 2.64. The van der Waals surface area contributed by atoms with Crippen LogP contribution in [0, 0.1) is 17.2 Å². The molecule has 0 saturated carbocycles. The third kappa shape index (κ3) is 4.30. The molecular formula is C20H24N5O6P. The van der Waals surface area contributed by atoms with E-state index in [2.05, 4.69) is 15.5 Å².